The molecule has 0 radical (unpaired) electrons. The van der Waals surface area contributed by atoms with E-state index in [1.807, 2.05) is 52.8 Å². The van der Waals surface area contributed by atoms with Crippen LogP contribution in [0.3, 0.4) is 0 Å². The quantitative estimate of drug-likeness (QED) is 0.852. The highest BCUT2D eigenvalue weighted by molar-refractivity contribution is 6.62. The standard InChI is InChI=1S/C18H26BFO3/c1-12-8-9-13(18(21)10-6-7-15(18)20)11-14(12)19-22-16(2,3)17(4,5)23-19/h8-9,11,15,21H,6-7,10H2,1-5H3. The Bertz CT molecular complexity index is 600. The molecule has 2 unspecified atom stereocenters. The average Bonchev–Trinajstić information content (AvgIpc) is 2.88. The highest BCUT2D eigenvalue weighted by Crippen LogP contribution is 2.41. The van der Waals surface area contributed by atoms with E-state index in [-0.39, 0.29) is 0 Å². The predicted octanol–water partition coefficient (Wildman–Crippen LogP) is 3.00. The van der Waals surface area contributed by atoms with Crippen molar-refractivity contribution < 1.29 is 18.8 Å². The van der Waals surface area contributed by atoms with Gasteiger partial charge in [-0.2, -0.15) is 0 Å². The van der Waals surface area contributed by atoms with Crippen LogP contribution in [0.4, 0.5) is 4.39 Å². The summed E-state index contributed by atoms with van der Waals surface area (Å²) in [6.45, 7) is 10.0. The number of rotatable bonds is 2. The molecule has 0 aromatic heterocycles. The summed E-state index contributed by atoms with van der Waals surface area (Å²) in [5.74, 6) is 0. The number of hydrogen-bond acceptors (Lipinski definition) is 3. The summed E-state index contributed by atoms with van der Waals surface area (Å²) in [7, 11) is -0.497. The molecule has 126 valence electrons. The van der Waals surface area contributed by atoms with E-state index in [9.17, 15) is 9.50 Å². The number of alkyl halides is 1. The Balaban J connectivity index is 1.97. The van der Waals surface area contributed by atoms with Crippen molar-refractivity contribution in [2.24, 2.45) is 0 Å². The molecule has 1 aromatic rings. The van der Waals surface area contributed by atoms with Crippen molar-refractivity contribution in [3.8, 4) is 0 Å². The van der Waals surface area contributed by atoms with E-state index >= 15 is 0 Å². The summed E-state index contributed by atoms with van der Waals surface area (Å²) in [6, 6.07) is 5.59. The highest BCUT2D eigenvalue weighted by Gasteiger charge is 2.52. The highest BCUT2D eigenvalue weighted by atomic mass is 19.1. The van der Waals surface area contributed by atoms with E-state index in [0.717, 1.165) is 11.0 Å². The molecule has 1 N–H and O–H groups in total. The minimum absolute atomic E-state index is 0.413. The molecule has 1 aliphatic heterocycles. The normalized spacial score (nSPS) is 32.5. The van der Waals surface area contributed by atoms with E-state index in [1.165, 1.54) is 0 Å². The lowest BCUT2D eigenvalue weighted by Crippen LogP contribution is -2.41. The third-order valence-electron chi connectivity index (χ3n) is 5.82. The Labute approximate surface area is 138 Å². The molecule has 3 rings (SSSR count). The van der Waals surface area contributed by atoms with Crippen molar-refractivity contribution in [3.63, 3.8) is 0 Å². The van der Waals surface area contributed by atoms with E-state index in [0.29, 0.717) is 24.8 Å². The van der Waals surface area contributed by atoms with Gasteiger partial charge in [-0.05, 0) is 64.9 Å². The number of halogens is 1. The molecule has 0 bridgehead atoms. The summed E-state index contributed by atoms with van der Waals surface area (Å²) in [4.78, 5) is 0. The lowest BCUT2D eigenvalue weighted by Gasteiger charge is -2.32. The van der Waals surface area contributed by atoms with Crippen molar-refractivity contribution in [3.05, 3.63) is 29.3 Å². The number of benzene rings is 1. The van der Waals surface area contributed by atoms with E-state index in [4.69, 9.17) is 9.31 Å². The third-order valence-corrected chi connectivity index (χ3v) is 5.82. The van der Waals surface area contributed by atoms with Crippen LogP contribution in [-0.4, -0.2) is 29.6 Å². The van der Waals surface area contributed by atoms with Crippen LogP contribution in [-0.2, 0) is 14.9 Å². The van der Waals surface area contributed by atoms with Gasteiger partial charge in [-0.1, -0.05) is 23.8 Å². The fraction of sp³-hybridized carbons (Fsp3) is 0.667. The summed E-state index contributed by atoms with van der Waals surface area (Å²) in [6.07, 6.45) is 0.365. The van der Waals surface area contributed by atoms with Gasteiger partial charge in [-0.3, -0.25) is 0 Å². The molecule has 1 saturated carbocycles. The maximum Gasteiger partial charge on any atom is 0.495 e. The van der Waals surface area contributed by atoms with Crippen LogP contribution in [0.25, 0.3) is 0 Å². The minimum Gasteiger partial charge on any atom is -0.399 e. The summed E-state index contributed by atoms with van der Waals surface area (Å²) in [5.41, 5.74) is 0.280. The zero-order chi connectivity index (χ0) is 17.0. The second kappa shape index (κ2) is 5.30. The first kappa shape index (κ1) is 16.9. The fourth-order valence-corrected chi connectivity index (χ4v) is 3.41. The zero-order valence-corrected chi connectivity index (χ0v) is 14.6. The van der Waals surface area contributed by atoms with Gasteiger partial charge < -0.3 is 14.4 Å². The molecule has 1 heterocycles. The van der Waals surface area contributed by atoms with Crippen LogP contribution in [0, 0.1) is 6.92 Å². The van der Waals surface area contributed by atoms with Crippen LogP contribution in [0.15, 0.2) is 18.2 Å². The van der Waals surface area contributed by atoms with Gasteiger partial charge in [0.25, 0.3) is 0 Å². The van der Waals surface area contributed by atoms with Crippen molar-refractivity contribution in [1.82, 2.24) is 0 Å². The third kappa shape index (κ3) is 2.63. The summed E-state index contributed by atoms with van der Waals surface area (Å²) < 4.78 is 26.4. The SMILES string of the molecule is Cc1ccc(C2(O)CCCC2F)cc1B1OC(C)(C)C(C)(C)O1. The van der Waals surface area contributed by atoms with Crippen molar-refractivity contribution in [2.45, 2.75) is 76.9 Å². The van der Waals surface area contributed by atoms with Crippen LogP contribution in [0.5, 0.6) is 0 Å². The number of aliphatic hydroxyl groups is 1. The molecule has 0 amide bonds. The minimum atomic E-state index is -1.38. The van der Waals surface area contributed by atoms with Crippen LogP contribution in [0.2, 0.25) is 0 Å². The Kier molecular flexibility index (Phi) is 3.90. The van der Waals surface area contributed by atoms with Crippen LogP contribution >= 0.6 is 0 Å². The van der Waals surface area contributed by atoms with E-state index in [1.54, 1.807) is 0 Å². The Morgan fingerprint density at radius 3 is 2.30 bits per heavy atom. The van der Waals surface area contributed by atoms with Gasteiger partial charge in [-0.25, -0.2) is 4.39 Å². The summed E-state index contributed by atoms with van der Waals surface area (Å²) >= 11 is 0. The number of aryl methyl sites for hydroxylation is 1. The van der Waals surface area contributed by atoms with E-state index in [2.05, 4.69) is 0 Å². The van der Waals surface area contributed by atoms with Gasteiger partial charge in [-0.15, -0.1) is 0 Å². The zero-order valence-electron chi connectivity index (χ0n) is 14.6. The van der Waals surface area contributed by atoms with Gasteiger partial charge in [0, 0.05) is 0 Å². The van der Waals surface area contributed by atoms with E-state index < -0.39 is 30.1 Å². The molecule has 1 aromatic carbocycles. The molecule has 23 heavy (non-hydrogen) atoms. The molecule has 1 saturated heterocycles. The molecule has 2 atom stereocenters. The van der Waals surface area contributed by atoms with Crippen molar-refractivity contribution in [1.29, 1.82) is 0 Å². The van der Waals surface area contributed by atoms with Crippen molar-refractivity contribution >= 4 is 12.6 Å². The lowest BCUT2D eigenvalue weighted by molar-refractivity contribution is -0.0186. The number of hydrogen-bond donors (Lipinski definition) is 1. The Morgan fingerprint density at radius 2 is 1.78 bits per heavy atom. The molecule has 5 heteroatoms. The van der Waals surface area contributed by atoms with Gasteiger partial charge in [0.2, 0.25) is 0 Å². The maximum absolute atomic E-state index is 14.2. The summed E-state index contributed by atoms with van der Waals surface area (Å²) in [5, 5.41) is 10.7. The maximum atomic E-state index is 14.2. The van der Waals surface area contributed by atoms with Gasteiger partial charge in [0.1, 0.15) is 11.8 Å². The average molecular weight is 320 g/mol. The molecule has 2 aliphatic rings. The first-order valence-electron chi connectivity index (χ1n) is 8.40. The van der Waals surface area contributed by atoms with Crippen molar-refractivity contribution in [2.75, 3.05) is 0 Å². The van der Waals surface area contributed by atoms with Crippen LogP contribution in [0.1, 0.15) is 58.1 Å². The smallest absolute Gasteiger partial charge is 0.399 e. The Morgan fingerprint density at radius 1 is 1.17 bits per heavy atom. The first-order chi connectivity index (χ1) is 10.6. The second-order valence-corrected chi connectivity index (χ2v) is 7.94. The molecule has 0 spiro atoms. The van der Waals surface area contributed by atoms with Gasteiger partial charge in [0.05, 0.1) is 11.2 Å². The predicted molar refractivity (Wildman–Crippen MR) is 89.5 cm³/mol. The molecular weight excluding hydrogens is 294 g/mol. The monoisotopic (exact) mass is 320 g/mol. The molecule has 1 aliphatic carbocycles. The van der Waals surface area contributed by atoms with Crippen LogP contribution < -0.4 is 5.46 Å². The fourth-order valence-electron chi connectivity index (χ4n) is 3.41. The molecule has 3 nitrogen and oxygen atoms in total. The largest absolute Gasteiger partial charge is 0.495 e. The molecular formula is C18H26BFO3. The van der Waals surface area contributed by atoms with Gasteiger partial charge in [0.15, 0.2) is 0 Å². The Hall–Kier alpha value is -0.905. The first-order valence-corrected chi connectivity index (χ1v) is 8.40. The second-order valence-electron chi connectivity index (χ2n) is 7.94. The molecule has 2 fully saturated rings. The topological polar surface area (TPSA) is 38.7 Å². The lowest BCUT2D eigenvalue weighted by atomic mass is 9.74. The van der Waals surface area contributed by atoms with Gasteiger partial charge >= 0.3 is 7.12 Å².